The zero-order chi connectivity index (χ0) is 17.9. The number of sulfonamides is 1. The normalized spacial score (nSPS) is 11.9. The van der Waals surface area contributed by atoms with Crippen LogP contribution in [0.4, 0.5) is 0 Å². The topological polar surface area (TPSA) is 73.1 Å². The van der Waals surface area contributed by atoms with Crippen molar-refractivity contribution in [3.63, 3.8) is 0 Å². The summed E-state index contributed by atoms with van der Waals surface area (Å²) in [6.45, 7) is 0.482. The number of benzene rings is 2. The zero-order valence-electron chi connectivity index (χ0n) is 14.1. The molecule has 0 bridgehead atoms. The van der Waals surface area contributed by atoms with E-state index in [0.29, 0.717) is 13.0 Å². The monoisotopic (exact) mass is 359 g/mol. The molecule has 7 heteroatoms. The second-order valence-electron chi connectivity index (χ2n) is 5.93. The smallest absolute Gasteiger partial charge is 0.295 e. The Balaban J connectivity index is 1.63. The predicted octanol–water partition coefficient (Wildman–Crippen LogP) is 1.50. The van der Waals surface area contributed by atoms with Crippen LogP contribution in [0.1, 0.15) is 5.56 Å². The van der Waals surface area contributed by atoms with E-state index in [9.17, 15) is 13.2 Å². The van der Waals surface area contributed by atoms with Gasteiger partial charge in [-0.2, -0.15) is 0 Å². The molecule has 0 atom stereocenters. The van der Waals surface area contributed by atoms with E-state index in [1.165, 1.54) is 0 Å². The maximum absolute atomic E-state index is 12.3. The lowest BCUT2D eigenvalue weighted by Crippen LogP contribution is -2.33. The Morgan fingerprint density at radius 1 is 0.960 bits per heavy atom. The highest BCUT2D eigenvalue weighted by atomic mass is 32.2. The Labute approximate surface area is 146 Å². The SMILES string of the molecule is Cn1c(=O)n(CCNS(=O)(=O)CCc2ccccc2)c2ccccc21. The fraction of sp³-hybridized carbons (Fsp3) is 0.278. The Hall–Kier alpha value is -2.38. The molecule has 0 saturated carbocycles. The van der Waals surface area contributed by atoms with Gasteiger partial charge in [0.2, 0.25) is 10.0 Å². The number of nitrogens with zero attached hydrogens (tertiary/aromatic N) is 2. The summed E-state index contributed by atoms with van der Waals surface area (Å²) in [4.78, 5) is 12.3. The van der Waals surface area contributed by atoms with E-state index in [2.05, 4.69) is 4.72 Å². The number of aromatic nitrogens is 2. The molecule has 0 fully saturated rings. The van der Waals surface area contributed by atoms with Gasteiger partial charge in [0.15, 0.2) is 0 Å². The van der Waals surface area contributed by atoms with Crippen LogP contribution in [0.15, 0.2) is 59.4 Å². The summed E-state index contributed by atoms with van der Waals surface area (Å²) in [5.41, 5.74) is 2.47. The molecule has 2 aromatic carbocycles. The van der Waals surface area contributed by atoms with Crippen molar-refractivity contribution >= 4 is 21.1 Å². The molecule has 0 aliphatic carbocycles. The maximum Gasteiger partial charge on any atom is 0.328 e. The number of hydrogen-bond donors (Lipinski definition) is 1. The standard InChI is InChI=1S/C18H21N3O3S/c1-20-16-9-5-6-10-17(16)21(18(20)22)13-12-19-25(23,24)14-11-15-7-3-2-4-8-15/h2-10,19H,11-14H2,1H3. The fourth-order valence-corrected chi connectivity index (χ4v) is 3.91. The molecule has 6 nitrogen and oxygen atoms in total. The molecule has 3 aromatic rings. The largest absolute Gasteiger partial charge is 0.328 e. The highest BCUT2D eigenvalue weighted by Crippen LogP contribution is 2.11. The molecule has 1 heterocycles. The first-order valence-electron chi connectivity index (χ1n) is 8.13. The average Bonchev–Trinajstić information content (AvgIpc) is 2.86. The molecule has 0 amide bonds. The molecular formula is C18H21N3O3S. The highest BCUT2D eigenvalue weighted by molar-refractivity contribution is 7.89. The first-order valence-corrected chi connectivity index (χ1v) is 9.79. The molecule has 25 heavy (non-hydrogen) atoms. The van der Waals surface area contributed by atoms with Crippen molar-refractivity contribution in [2.45, 2.75) is 13.0 Å². The summed E-state index contributed by atoms with van der Waals surface area (Å²) in [6, 6.07) is 17.0. The van der Waals surface area contributed by atoms with Crippen molar-refractivity contribution in [1.29, 1.82) is 0 Å². The van der Waals surface area contributed by atoms with E-state index in [0.717, 1.165) is 16.6 Å². The lowest BCUT2D eigenvalue weighted by Gasteiger charge is -2.08. The molecule has 0 radical (unpaired) electrons. The number of hydrogen-bond acceptors (Lipinski definition) is 3. The summed E-state index contributed by atoms with van der Waals surface area (Å²) in [5, 5.41) is 0. The van der Waals surface area contributed by atoms with Gasteiger partial charge in [-0.3, -0.25) is 9.13 Å². The van der Waals surface area contributed by atoms with Crippen LogP contribution in [-0.4, -0.2) is 29.8 Å². The molecule has 132 valence electrons. The third-order valence-corrected chi connectivity index (χ3v) is 5.60. The van der Waals surface area contributed by atoms with Gasteiger partial charge in [0.05, 0.1) is 16.8 Å². The van der Waals surface area contributed by atoms with E-state index in [-0.39, 0.29) is 18.0 Å². The Morgan fingerprint density at radius 3 is 2.32 bits per heavy atom. The van der Waals surface area contributed by atoms with Crippen molar-refractivity contribution in [2.75, 3.05) is 12.3 Å². The Bertz CT molecular complexity index is 1020. The van der Waals surface area contributed by atoms with Crippen molar-refractivity contribution in [3.8, 4) is 0 Å². The van der Waals surface area contributed by atoms with Crippen LogP contribution in [0.3, 0.4) is 0 Å². The van der Waals surface area contributed by atoms with Gasteiger partial charge < -0.3 is 0 Å². The number of rotatable bonds is 7. The van der Waals surface area contributed by atoms with Crippen LogP contribution in [0.25, 0.3) is 11.0 Å². The number of imidazole rings is 1. The van der Waals surface area contributed by atoms with E-state index < -0.39 is 10.0 Å². The lowest BCUT2D eigenvalue weighted by atomic mass is 10.2. The van der Waals surface area contributed by atoms with Crippen LogP contribution in [0.2, 0.25) is 0 Å². The molecule has 0 unspecified atom stereocenters. The van der Waals surface area contributed by atoms with Gasteiger partial charge in [-0.25, -0.2) is 17.9 Å². The minimum absolute atomic E-state index is 0.0292. The minimum atomic E-state index is -3.38. The first-order chi connectivity index (χ1) is 12.0. The molecule has 3 rings (SSSR count). The summed E-state index contributed by atoms with van der Waals surface area (Å²) < 4.78 is 30.0. The van der Waals surface area contributed by atoms with Gasteiger partial charge in [-0.05, 0) is 24.1 Å². The summed E-state index contributed by atoms with van der Waals surface area (Å²) in [5.74, 6) is 0.0292. The van der Waals surface area contributed by atoms with Crippen LogP contribution in [0.5, 0.6) is 0 Å². The molecule has 0 aliphatic heterocycles. The van der Waals surface area contributed by atoms with E-state index >= 15 is 0 Å². The molecular weight excluding hydrogens is 338 g/mol. The summed E-state index contributed by atoms with van der Waals surface area (Å²) >= 11 is 0. The highest BCUT2D eigenvalue weighted by Gasteiger charge is 2.13. The van der Waals surface area contributed by atoms with Crippen molar-refractivity contribution in [3.05, 3.63) is 70.6 Å². The number of aryl methyl sites for hydroxylation is 2. The van der Waals surface area contributed by atoms with E-state index in [1.807, 2.05) is 54.6 Å². The number of para-hydroxylation sites is 2. The lowest BCUT2D eigenvalue weighted by molar-refractivity contribution is 0.570. The molecule has 0 spiro atoms. The fourth-order valence-electron chi connectivity index (χ4n) is 2.86. The van der Waals surface area contributed by atoms with E-state index in [1.54, 1.807) is 16.2 Å². The number of fused-ring (bicyclic) bond motifs is 1. The van der Waals surface area contributed by atoms with Crippen LogP contribution in [0, 0.1) is 0 Å². The average molecular weight is 359 g/mol. The van der Waals surface area contributed by atoms with E-state index in [4.69, 9.17) is 0 Å². The van der Waals surface area contributed by atoms with Gasteiger partial charge in [-0.1, -0.05) is 42.5 Å². The number of nitrogens with one attached hydrogen (secondary N) is 1. The Morgan fingerprint density at radius 2 is 1.60 bits per heavy atom. The molecule has 1 N–H and O–H groups in total. The van der Waals surface area contributed by atoms with Gasteiger partial charge >= 0.3 is 5.69 Å². The Kier molecular flexibility index (Phi) is 5.06. The summed E-state index contributed by atoms with van der Waals surface area (Å²) in [6.07, 6.45) is 0.463. The molecule has 0 aliphatic rings. The van der Waals surface area contributed by atoms with Crippen molar-refractivity contribution in [1.82, 2.24) is 13.9 Å². The molecule has 1 aromatic heterocycles. The maximum atomic E-state index is 12.3. The van der Waals surface area contributed by atoms with Crippen LogP contribution < -0.4 is 10.4 Å². The van der Waals surface area contributed by atoms with Gasteiger partial charge in [0, 0.05) is 20.1 Å². The minimum Gasteiger partial charge on any atom is -0.295 e. The summed E-state index contributed by atoms with van der Waals surface area (Å²) in [7, 11) is -1.67. The van der Waals surface area contributed by atoms with Crippen LogP contribution >= 0.6 is 0 Å². The second kappa shape index (κ2) is 7.25. The first kappa shape index (κ1) is 17.4. The van der Waals surface area contributed by atoms with Gasteiger partial charge in [-0.15, -0.1) is 0 Å². The third-order valence-electron chi connectivity index (χ3n) is 4.21. The van der Waals surface area contributed by atoms with Gasteiger partial charge in [0.25, 0.3) is 0 Å². The quantitative estimate of drug-likeness (QED) is 0.695. The molecule has 0 saturated heterocycles. The van der Waals surface area contributed by atoms with Crippen molar-refractivity contribution < 1.29 is 8.42 Å². The third kappa shape index (κ3) is 4.00. The van der Waals surface area contributed by atoms with Crippen LogP contribution in [-0.2, 0) is 30.0 Å². The van der Waals surface area contributed by atoms with Crippen molar-refractivity contribution in [2.24, 2.45) is 7.05 Å². The second-order valence-corrected chi connectivity index (χ2v) is 7.86. The van der Waals surface area contributed by atoms with Gasteiger partial charge in [0.1, 0.15) is 0 Å². The predicted molar refractivity (Wildman–Crippen MR) is 99.1 cm³/mol. The zero-order valence-corrected chi connectivity index (χ0v) is 14.9.